The quantitative estimate of drug-likeness (QED) is 0.859. The van der Waals surface area contributed by atoms with Crippen molar-refractivity contribution in [1.29, 1.82) is 0 Å². The van der Waals surface area contributed by atoms with E-state index < -0.39 is 11.7 Å². The summed E-state index contributed by atoms with van der Waals surface area (Å²) in [6.45, 7) is 5.40. The number of anilines is 2. The van der Waals surface area contributed by atoms with E-state index in [1.165, 1.54) is 4.88 Å². The average molecular weight is 359 g/mol. The molecule has 0 radical (unpaired) electrons. The topological polar surface area (TPSA) is 80.3 Å². The first-order chi connectivity index (χ1) is 11.8. The van der Waals surface area contributed by atoms with Crippen LogP contribution in [0.3, 0.4) is 0 Å². The predicted molar refractivity (Wildman–Crippen MR) is 98.4 cm³/mol. The van der Waals surface area contributed by atoms with Crippen molar-refractivity contribution in [3.05, 3.63) is 40.4 Å². The minimum absolute atomic E-state index is 0.212. The third-order valence-corrected chi connectivity index (χ3v) is 4.68. The van der Waals surface area contributed by atoms with Crippen molar-refractivity contribution in [1.82, 2.24) is 4.98 Å². The molecule has 1 aliphatic carbocycles. The molecule has 0 fully saturated rings. The monoisotopic (exact) mass is 359 g/mol. The van der Waals surface area contributed by atoms with E-state index in [1.54, 1.807) is 56.4 Å². The predicted octanol–water partition coefficient (Wildman–Crippen LogP) is 4.23. The lowest BCUT2D eigenvalue weighted by atomic mass is 10.2. The number of amides is 2. The van der Waals surface area contributed by atoms with Gasteiger partial charge in [-0.25, -0.2) is 9.78 Å². The van der Waals surface area contributed by atoms with Gasteiger partial charge in [0.2, 0.25) is 0 Å². The summed E-state index contributed by atoms with van der Waals surface area (Å²) in [6, 6.07) is 6.65. The number of fused-ring (bicyclic) bond motifs is 1. The molecular weight excluding hydrogens is 338 g/mol. The summed E-state index contributed by atoms with van der Waals surface area (Å²) in [7, 11) is 0. The Morgan fingerprint density at radius 2 is 1.84 bits per heavy atom. The van der Waals surface area contributed by atoms with Crippen molar-refractivity contribution in [2.75, 3.05) is 10.6 Å². The number of aromatic nitrogens is 1. The first kappa shape index (κ1) is 17.4. The van der Waals surface area contributed by atoms with E-state index in [1.807, 2.05) is 0 Å². The zero-order chi connectivity index (χ0) is 18.0. The minimum atomic E-state index is -0.558. The van der Waals surface area contributed by atoms with Crippen LogP contribution in [-0.4, -0.2) is 22.6 Å². The van der Waals surface area contributed by atoms with E-state index in [-0.39, 0.29) is 5.91 Å². The fourth-order valence-electron chi connectivity index (χ4n) is 2.54. The van der Waals surface area contributed by atoms with E-state index >= 15 is 0 Å². The van der Waals surface area contributed by atoms with Crippen molar-refractivity contribution in [3.63, 3.8) is 0 Å². The van der Waals surface area contributed by atoms with Gasteiger partial charge in [-0.1, -0.05) is 0 Å². The van der Waals surface area contributed by atoms with Crippen LogP contribution in [0.5, 0.6) is 0 Å². The Morgan fingerprint density at radius 1 is 1.12 bits per heavy atom. The average Bonchev–Trinajstić information content (AvgIpc) is 3.07. The van der Waals surface area contributed by atoms with Crippen molar-refractivity contribution in [2.45, 2.75) is 45.6 Å². The highest BCUT2D eigenvalue weighted by Crippen LogP contribution is 2.30. The van der Waals surface area contributed by atoms with Gasteiger partial charge in [-0.2, -0.15) is 0 Å². The Labute approximate surface area is 150 Å². The number of carbonyl (C=O) groups is 2. The fourth-order valence-corrected chi connectivity index (χ4v) is 3.58. The summed E-state index contributed by atoms with van der Waals surface area (Å²) in [6.07, 6.45) is 2.66. The number of nitrogens with zero attached hydrogens (tertiary/aromatic N) is 1. The van der Waals surface area contributed by atoms with Gasteiger partial charge in [-0.05, 0) is 64.3 Å². The molecule has 0 bridgehead atoms. The molecule has 0 spiro atoms. The molecule has 0 aliphatic heterocycles. The Kier molecular flexibility index (Phi) is 4.76. The lowest BCUT2D eigenvalue weighted by molar-refractivity contribution is 0.0636. The number of thiazole rings is 1. The summed E-state index contributed by atoms with van der Waals surface area (Å²) in [5, 5.41) is 6.12. The maximum absolute atomic E-state index is 12.3. The van der Waals surface area contributed by atoms with E-state index in [0.717, 1.165) is 25.0 Å². The molecule has 0 saturated carbocycles. The van der Waals surface area contributed by atoms with Gasteiger partial charge in [0.15, 0.2) is 5.13 Å². The van der Waals surface area contributed by atoms with Crippen molar-refractivity contribution in [3.8, 4) is 0 Å². The Bertz CT molecular complexity index is 769. The van der Waals surface area contributed by atoms with Crippen LogP contribution in [-0.2, 0) is 17.6 Å². The summed E-state index contributed by atoms with van der Waals surface area (Å²) in [5.74, 6) is -0.212. The summed E-state index contributed by atoms with van der Waals surface area (Å²) < 4.78 is 5.19. The van der Waals surface area contributed by atoms with Crippen LogP contribution in [0.2, 0.25) is 0 Å². The van der Waals surface area contributed by atoms with Crippen LogP contribution in [0.15, 0.2) is 24.3 Å². The second-order valence-corrected chi connectivity index (χ2v) is 7.98. The van der Waals surface area contributed by atoms with Crippen LogP contribution in [0.1, 0.15) is 48.1 Å². The van der Waals surface area contributed by atoms with Gasteiger partial charge in [-0.3, -0.25) is 15.4 Å². The third kappa shape index (κ3) is 4.57. The first-order valence-corrected chi connectivity index (χ1v) is 9.02. The van der Waals surface area contributed by atoms with E-state index in [4.69, 9.17) is 4.74 Å². The number of rotatable bonds is 3. The number of carbonyl (C=O) groups excluding carboxylic acids is 2. The standard InChI is InChI=1S/C18H21N3O3S/c1-18(2,3)24-17(23)19-12-9-7-11(8-10-12)15(22)21-16-20-13-5-4-6-14(13)25-16/h7-10H,4-6H2,1-3H3,(H,19,23)(H,20,21,22). The minimum Gasteiger partial charge on any atom is -0.444 e. The van der Waals surface area contributed by atoms with Gasteiger partial charge in [-0.15, -0.1) is 11.3 Å². The van der Waals surface area contributed by atoms with Crippen LogP contribution in [0, 0.1) is 0 Å². The lowest BCUT2D eigenvalue weighted by Crippen LogP contribution is -2.27. The maximum atomic E-state index is 12.3. The van der Waals surface area contributed by atoms with Crippen molar-refractivity contribution in [2.24, 2.45) is 0 Å². The zero-order valence-corrected chi connectivity index (χ0v) is 15.3. The highest BCUT2D eigenvalue weighted by Gasteiger charge is 2.19. The van der Waals surface area contributed by atoms with E-state index in [0.29, 0.717) is 16.4 Å². The maximum Gasteiger partial charge on any atom is 0.412 e. The molecule has 0 unspecified atom stereocenters. The summed E-state index contributed by atoms with van der Waals surface area (Å²) >= 11 is 1.55. The van der Waals surface area contributed by atoms with Crippen molar-refractivity contribution < 1.29 is 14.3 Å². The molecule has 3 rings (SSSR count). The smallest absolute Gasteiger partial charge is 0.412 e. The molecule has 6 nitrogen and oxygen atoms in total. The van der Waals surface area contributed by atoms with Gasteiger partial charge in [0.05, 0.1) is 5.69 Å². The molecule has 1 aromatic heterocycles. The number of hydrogen-bond donors (Lipinski definition) is 2. The number of aryl methyl sites for hydroxylation is 2. The molecule has 7 heteroatoms. The zero-order valence-electron chi connectivity index (χ0n) is 14.5. The van der Waals surface area contributed by atoms with Gasteiger partial charge in [0.1, 0.15) is 5.60 Å². The second-order valence-electron chi connectivity index (χ2n) is 6.90. The fraction of sp³-hybridized carbons (Fsp3) is 0.389. The SMILES string of the molecule is CC(C)(C)OC(=O)Nc1ccc(C(=O)Nc2nc3c(s2)CCC3)cc1. The molecule has 1 heterocycles. The first-order valence-electron chi connectivity index (χ1n) is 8.20. The Balaban J connectivity index is 1.59. The third-order valence-electron chi connectivity index (χ3n) is 3.61. The molecule has 132 valence electrons. The van der Waals surface area contributed by atoms with E-state index in [2.05, 4.69) is 15.6 Å². The lowest BCUT2D eigenvalue weighted by Gasteiger charge is -2.19. The second kappa shape index (κ2) is 6.84. The summed E-state index contributed by atoms with van der Waals surface area (Å²) in [5.41, 5.74) is 1.62. The molecule has 2 N–H and O–H groups in total. The molecule has 2 aromatic rings. The van der Waals surface area contributed by atoms with Crippen LogP contribution >= 0.6 is 11.3 Å². The Morgan fingerprint density at radius 3 is 2.48 bits per heavy atom. The molecule has 2 amide bonds. The van der Waals surface area contributed by atoms with Crippen LogP contribution in [0.4, 0.5) is 15.6 Å². The summed E-state index contributed by atoms with van der Waals surface area (Å²) in [4.78, 5) is 29.8. The van der Waals surface area contributed by atoms with Gasteiger partial charge in [0, 0.05) is 16.1 Å². The normalized spacial score (nSPS) is 13.2. The van der Waals surface area contributed by atoms with Gasteiger partial charge >= 0.3 is 6.09 Å². The van der Waals surface area contributed by atoms with Crippen molar-refractivity contribution >= 4 is 34.2 Å². The number of nitrogens with one attached hydrogen (secondary N) is 2. The van der Waals surface area contributed by atoms with Gasteiger partial charge in [0.25, 0.3) is 5.91 Å². The number of hydrogen-bond acceptors (Lipinski definition) is 5. The molecule has 1 aliphatic rings. The molecule has 1 aromatic carbocycles. The molecule has 0 saturated heterocycles. The molecule has 25 heavy (non-hydrogen) atoms. The van der Waals surface area contributed by atoms with Crippen LogP contribution < -0.4 is 10.6 Å². The highest BCUT2D eigenvalue weighted by molar-refractivity contribution is 7.16. The number of benzene rings is 1. The highest BCUT2D eigenvalue weighted by atomic mass is 32.1. The number of ether oxygens (including phenoxy) is 1. The van der Waals surface area contributed by atoms with Crippen LogP contribution in [0.25, 0.3) is 0 Å². The molecular formula is C18H21N3O3S. The molecule has 0 atom stereocenters. The Hall–Kier alpha value is -2.41. The van der Waals surface area contributed by atoms with E-state index in [9.17, 15) is 9.59 Å². The largest absolute Gasteiger partial charge is 0.444 e. The van der Waals surface area contributed by atoms with Gasteiger partial charge < -0.3 is 4.74 Å².